The predicted molar refractivity (Wildman–Crippen MR) is 271 cm³/mol. The Balaban J connectivity index is 0.979. The Morgan fingerprint density at radius 3 is 1.44 bits per heavy atom. The Bertz CT molecular complexity index is 3660. The molecular weight excluding hydrogens is 775 g/mol. The van der Waals surface area contributed by atoms with Gasteiger partial charge in [0.25, 0.3) is 0 Å². The summed E-state index contributed by atoms with van der Waals surface area (Å²) in [5.74, 6) is 0. The summed E-state index contributed by atoms with van der Waals surface area (Å²) in [6.07, 6.45) is 0. The molecule has 0 amide bonds. The third-order valence-electron chi connectivity index (χ3n) is 12.7. The second-order valence-corrected chi connectivity index (χ2v) is 16.4. The molecule has 64 heavy (non-hydrogen) atoms. The van der Waals surface area contributed by atoms with Crippen LogP contribution in [0.25, 0.3) is 99.1 Å². The molecule has 2 nitrogen and oxygen atoms in total. The van der Waals surface area contributed by atoms with E-state index in [2.05, 4.69) is 241 Å². The maximum atomic E-state index is 6.29. The van der Waals surface area contributed by atoms with E-state index in [1.165, 1.54) is 60.5 Å². The van der Waals surface area contributed by atoms with Gasteiger partial charge in [0.05, 0.1) is 5.69 Å². The van der Waals surface area contributed by atoms with Gasteiger partial charge in [-0.1, -0.05) is 194 Å². The lowest BCUT2D eigenvalue weighted by Gasteiger charge is -2.29. The summed E-state index contributed by atoms with van der Waals surface area (Å²) in [5.41, 5.74) is 16.7. The van der Waals surface area contributed by atoms with Crippen molar-refractivity contribution < 1.29 is 4.42 Å². The molecule has 300 valence electrons. The van der Waals surface area contributed by atoms with Gasteiger partial charge in [-0.2, -0.15) is 0 Å². The molecule has 0 bridgehead atoms. The molecule has 12 aromatic rings. The topological polar surface area (TPSA) is 16.4 Å². The van der Waals surface area contributed by atoms with Crippen LogP contribution in [0.15, 0.2) is 253 Å². The first kappa shape index (κ1) is 37.3. The number of hydrogen-bond donors (Lipinski definition) is 0. The molecule has 2 heteroatoms. The molecule has 0 aliphatic heterocycles. The molecule has 12 rings (SSSR count). The first-order valence-electron chi connectivity index (χ1n) is 21.9. The first-order chi connectivity index (χ1) is 31.7. The van der Waals surface area contributed by atoms with Crippen molar-refractivity contribution in [1.29, 1.82) is 0 Å². The summed E-state index contributed by atoms with van der Waals surface area (Å²) in [7, 11) is 0. The summed E-state index contributed by atoms with van der Waals surface area (Å²) in [6.45, 7) is 0. The van der Waals surface area contributed by atoms with Crippen molar-refractivity contribution in [3.05, 3.63) is 249 Å². The van der Waals surface area contributed by atoms with Crippen molar-refractivity contribution in [2.45, 2.75) is 0 Å². The van der Waals surface area contributed by atoms with Crippen molar-refractivity contribution in [2.24, 2.45) is 0 Å². The van der Waals surface area contributed by atoms with Gasteiger partial charge in [0.2, 0.25) is 0 Å². The average Bonchev–Trinajstić information content (AvgIpc) is 3.75. The maximum absolute atomic E-state index is 6.29. The highest BCUT2D eigenvalue weighted by Crippen LogP contribution is 2.46. The number of nitrogens with zero attached hydrogens (tertiary/aromatic N) is 1. The fourth-order valence-electron chi connectivity index (χ4n) is 9.57. The highest BCUT2D eigenvalue weighted by atomic mass is 16.3. The molecule has 0 saturated carbocycles. The van der Waals surface area contributed by atoms with Crippen molar-refractivity contribution in [3.63, 3.8) is 0 Å². The highest BCUT2D eigenvalue weighted by molar-refractivity contribution is 6.09. The van der Waals surface area contributed by atoms with Crippen LogP contribution >= 0.6 is 0 Å². The van der Waals surface area contributed by atoms with Crippen LogP contribution in [0.5, 0.6) is 0 Å². The summed E-state index contributed by atoms with van der Waals surface area (Å²) in [4.78, 5) is 2.40. The number of rotatable bonds is 8. The average molecular weight is 816 g/mol. The Morgan fingerprint density at radius 2 is 0.719 bits per heavy atom. The lowest BCUT2D eigenvalue weighted by atomic mass is 9.88. The number of fused-ring (bicyclic) bond motifs is 6. The molecule has 0 fully saturated rings. The quantitative estimate of drug-likeness (QED) is 0.142. The van der Waals surface area contributed by atoms with Crippen LogP contribution in [0.1, 0.15) is 0 Å². The van der Waals surface area contributed by atoms with Gasteiger partial charge in [-0.05, 0) is 126 Å². The van der Waals surface area contributed by atoms with E-state index in [1.807, 2.05) is 12.1 Å². The number of furan rings is 1. The summed E-state index contributed by atoms with van der Waals surface area (Å²) < 4.78 is 6.29. The second kappa shape index (κ2) is 15.8. The summed E-state index contributed by atoms with van der Waals surface area (Å²) in [6, 6.07) is 89.8. The van der Waals surface area contributed by atoms with Gasteiger partial charge in [0.15, 0.2) is 0 Å². The lowest BCUT2D eigenvalue weighted by molar-refractivity contribution is 0.669. The number of hydrogen-bond acceptors (Lipinski definition) is 2. The molecule has 11 aromatic carbocycles. The Morgan fingerprint density at radius 1 is 0.250 bits per heavy atom. The van der Waals surface area contributed by atoms with Gasteiger partial charge in [-0.3, -0.25) is 0 Å². The molecule has 0 radical (unpaired) electrons. The lowest BCUT2D eigenvalue weighted by Crippen LogP contribution is -2.11. The van der Waals surface area contributed by atoms with E-state index in [9.17, 15) is 0 Å². The van der Waals surface area contributed by atoms with E-state index < -0.39 is 0 Å². The third kappa shape index (κ3) is 6.61. The molecular formula is C62H41NO. The smallest absolute Gasteiger partial charge is 0.136 e. The maximum Gasteiger partial charge on any atom is 0.136 e. The largest absolute Gasteiger partial charge is 0.456 e. The monoisotopic (exact) mass is 815 g/mol. The summed E-state index contributed by atoms with van der Waals surface area (Å²) >= 11 is 0. The minimum absolute atomic E-state index is 0.894. The van der Waals surface area contributed by atoms with E-state index in [-0.39, 0.29) is 0 Å². The molecule has 0 N–H and O–H groups in total. The number of anilines is 3. The predicted octanol–water partition coefficient (Wildman–Crippen LogP) is 17.7. The molecule has 0 aliphatic carbocycles. The van der Waals surface area contributed by atoms with Crippen molar-refractivity contribution in [2.75, 3.05) is 4.90 Å². The van der Waals surface area contributed by atoms with Gasteiger partial charge >= 0.3 is 0 Å². The van der Waals surface area contributed by atoms with Gasteiger partial charge in [0, 0.05) is 27.7 Å². The summed E-state index contributed by atoms with van der Waals surface area (Å²) in [5, 5.41) is 7.32. The van der Waals surface area contributed by atoms with Gasteiger partial charge in [-0.25, -0.2) is 0 Å². The molecule has 0 atom stereocenters. The molecule has 1 aromatic heterocycles. The van der Waals surface area contributed by atoms with Gasteiger partial charge in [0.1, 0.15) is 11.2 Å². The minimum atomic E-state index is 0.894. The number of benzene rings is 11. The van der Waals surface area contributed by atoms with E-state index in [1.54, 1.807) is 0 Å². The molecule has 1 heterocycles. The van der Waals surface area contributed by atoms with Crippen LogP contribution in [-0.4, -0.2) is 0 Å². The van der Waals surface area contributed by atoms with Crippen LogP contribution in [0.4, 0.5) is 17.1 Å². The fourth-order valence-corrected chi connectivity index (χ4v) is 9.57. The van der Waals surface area contributed by atoms with Crippen LogP contribution in [0, 0.1) is 0 Å². The Hall–Kier alpha value is -8.46. The zero-order valence-electron chi connectivity index (χ0n) is 35.0. The van der Waals surface area contributed by atoms with Gasteiger partial charge < -0.3 is 9.32 Å². The van der Waals surface area contributed by atoms with Crippen LogP contribution in [0.2, 0.25) is 0 Å². The first-order valence-corrected chi connectivity index (χ1v) is 21.9. The Labute approximate surface area is 372 Å². The minimum Gasteiger partial charge on any atom is -0.456 e. The third-order valence-corrected chi connectivity index (χ3v) is 12.7. The number of para-hydroxylation sites is 2. The standard InChI is InChI=1S/C62H41NO/c1-2-14-44(15-3-1)52-18-6-7-19-54(52)55-20-8-9-21-56(55)57-22-10-12-24-60(57)63(50-36-30-43(31-37-50)47-33-39-59-58-23-11-13-25-61(58)64-62(59)41-47)49-34-28-42(29-35-49)46-32-38-53-48(40-46)27-26-45-16-4-5-17-51(45)53/h1-41H. The van der Waals surface area contributed by atoms with E-state index in [0.29, 0.717) is 0 Å². The van der Waals surface area contributed by atoms with E-state index in [0.717, 1.165) is 55.7 Å². The Kier molecular flexibility index (Phi) is 9.20. The van der Waals surface area contributed by atoms with Crippen LogP contribution < -0.4 is 4.90 Å². The normalized spacial score (nSPS) is 11.4. The molecule has 0 aliphatic rings. The second-order valence-electron chi connectivity index (χ2n) is 16.4. The van der Waals surface area contributed by atoms with E-state index >= 15 is 0 Å². The fraction of sp³-hybridized carbons (Fsp3) is 0. The van der Waals surface area contributed by atoms with Crippen molar-refractivity contribution in [3.8, 4) is 55.6 Å². The van der Waals surface area contributed by atoms with Crippen molar-refractivity contribution >= 4 is 60.5 Å². The molecule has 0 unspecified atom stereocenters. The molecule has 0 spiro atoms. The van der Waals surface area contributed by atoms with Crippen LogP contribution in [0.3, 0.4) is 0 Å². The molecule has 0 saturated heterocycles. The van der Waals surface area contributed by atoms with E-state index in [4.69, 9.17) is 4.42 Å². The zero-order valence-corrected chi connectivity index (χ0v) is 35.0. The van der Waals surface area contributed by atoms with Gasteiger partial charge in [-0.15, -0.1) is 0 Å². The SMILES string of the molecule is c1ccc(-c2ccccc2-c2ccccc2-c2ccccc2N(c2ccc(-c3ccc4c(ccc5ccccc54)c3)cc2)c2ccc(-c3ccc4c(c3)oc3ccccc34)cc2)cc1. The van der Waals surface area contributed by atoms with Crippen molar-refractivity contribution in [1.82, 2.24) is 0 Å². The zero-order chi connectivity index (χ0) is 42.4. The highest BCUT2D eigenvalue weighted by Gasteiger charge is 2.21. The van der Waals surface area contributed by atoms with Crippen LogP contribution in [-0.2, 0) is 0 Å².